The molecule has 2 atom stereocenters. The summed E-state index contributed by atoms with van der Waals surface area (Å²) < 4.78 is 9.84. The average Bonchev–Trinajstić information content (AvgIpc) is 3.65. The fraction of sp³-hybridized carbons (Fsp3) is 0.432. The second-order valence-electron chi connectivity index (χ2n) is 13.7. The fourth-order valence-corrected chi connectivity index (χ4v) is 8.88. The standard InChI is InChI=1S/C37H41N5O4/c1-39-20-26-10-11-27(21-39)42(26)36(43)31-18-38-40(2)34(31)25-15-24-16-28(46-3)12-14-29(24)35-33(22-7-5-4-6-8-22)30-13-9-23(37(44)45)17-32(30)41(35)19-25/h9,12-18,22,26-27H,4-8,10-11,19-21H2,1-3H3,(H,44,45). The van der Waals surface area contributed by atoms with E-state index in [0.29, 0.717) is 18.0 Å². The van der Waals surface area contributed by atoms with Gasteiger partial charge in [0.05, 0.1) is 42.4 Å². The lowest BCUT2D eigenvalue weighted by atomic mass is 9.81. The lowest BCUT2D eigenvalue weighted by molar-refractivity contribution is 0.0472. The van der Waals surface area contributed by atoms with Crippen LogP contribution < -0.4 is 4.74 Å². The molecule has 3 fully saturated rings. The Labute approximate surface area is 269 Å². The molecule has 8 rings (SSSR count). The van der Waals surface area contributed by atoms with Crippen LogP contribution in [0.25, 0.3) is 33.8 Å². The maximum absolute atomic E-state index is 14.4. The third-order valence-electron chi connectivity index (χ3n) is 10.9. The molecule has 2 aromatic heterocycles. The quantitative estimate of drug-likeness (QED) is 0.283. The third kappa shape index (κ3) is 4.58. The molecule has 4 aromatic rings. The molecular weight excluding hydrogens is 578 g/mol. The van der Waals surface area contributed by atoms with E-state index in [2.05, 4.69) is 44.7 Å². The zero-order chi connectivity index (χ0) is 31.7. The number of fused-ring (bicyclic) bond motifs is 7. The molecule has 46 heavy (non-hydrogen) atoms. The molecule has 9 nitrogen and oxygen atoms in total. The van der Waals surface area contributed by atoms with Crippen LogP contribution in [0.15, 0.2) is 42.6 Å². The topological polar surface area (TPSA) is 92.8 Å². The average molecular weight is 620 g/mol. The van der Waals surface area contributed by atoms with Crippen molar-refractivity contribution in [3.8, 4) is 17.0 Å². The number of likely N-dealkylation sites (tertiary alicyclic amines) is 1. The first-order valence-electron chi connectivity index (χ1n) is 16.6. The second-order valence-corrected chi connectivity index (χ2v) is 13.7. The van der Waals surface area contributed by atoms with Crippen LogP contribution in [0.3, 0.4) is 0 Å². The van der Waals surface area contributed by atoms with E-state index in [-0.39, 0.29) is 23.6 Å². The summed E-state index contributed by atoms with van der Waals surface area (Å²) in [6.45, 7) is 2.26. The zero-order valence-corrected chi connectivity index (χ0v) is 26.8. The minimum absolute atomic E-state index is 0.0494. The van der Waals surface area contributed by atoms with Crippen molar-refractivity contribution >= 4 is 34.4 Å². The largest absolute Gasteiger partial charge is 0.497 e. The molecule has 2 unspecified atom stereocenters. The highest BCUT2D eigenvalue weighted by Gasteiger charge is 2.43. The number of carbonyl (C=O) groups excluding carboxylic acids is 1. The monoisotopic (exact) mass is 619 g/mol. The number of ether oxygens (including phenoxy) is 1. The van der Waals surface area contributed by atoms with E-state index in [1.165, 1.54) is 24.8 Å². The number of aromatic nitrogens is 3. The Hall–Kier alpha value is -4.37. The van der Waals surface area contributed by atoms with Crippen molar-refractivity contribution in [2.75, 3.05) is 27.2 Å². The summed E-state index contributed by atoms with van der Waals surface area (Å²) in [7, 11) is 5.73. The number of carbonyl (C=O) groups is 2. The molecule has 1 saturated carbocycles. The number of allylic oxidation sites excluding steroid dienone is 1. The van der Waals surface area contributed by atoms with Crippen LogP contribution in [0.2, 0.25) is 0 Å². The molecule has 1 N–H and O–H groups in total. The molecule has 1 amide bonds. The Morgan fingerprint density at radius 1 is 0.935 bits per heavy atom. The number of amides is 1. The Morgan fingerprint density at radius 2 is 1.70 bits per heavy atom. The van der Waals surface area contributed by atoms with Gasteiger partial charge in [-0.15, -0.1) is 0 Å². The number of nitrogens with zero attached hydrogens (tertiary/aromatic N) is 5. The first-order valence-corrected chi connectivity index (χ1v) is 16.6. The van der Waals surface area contributed by atoms with Crippen molar-refractivity contribution < 1.29 is 19.4 Å². The van der Waals surface area contributed by atoms with Gasteiger partial charge in [0.1, 0.15) is 5.75 Å². The molecule has 5 heterocycles. The number of carboxylic acids is 1. The van der Waals surface area contributed by atoms with Crippen LogP contribution in [0.4, 0.5) is 0 Å². The van der Waals surface area contributed by atoms with Gasteiger partial charge in [0.25, 0.3) is 5.91 Å². The van der Waals surface area contributed by atoms with Crippen LogP contribution in [0, 0.1) is 0 Å². The normalized spacial score (nSPS) is 21.5. The first kappa shape index (κ1) is 29.1. The predicted molar refractivity (Wildman–Crippen MR) is 178 cm³/mol. The lowest BCUT2D eigenvalue weighted by Crippen LogP contribution is -2.54. The van der Waals surface area contributed by atoms with Crippen LogP contribution in [-0.4, -0.2) is 80.5 Å². The predicted octanol–water partition coefficient (Wildman–Crippen LogP) is 6.27. The molecule has 0 spiro atoms. The van der Waals surface area contributed by atoms with Gasteiger partial charge in [0.15, 0.2) is 0 Å². The van der Waals surface area contributed by atoms with E-state index in [9.17, 15) is 14.7 Å². The fourth-order valence-electron chi connectivity index (χ4n) is 8.88. The summed E-state index contributed by atoms with van der Waals surface area (Å²) in [5, 5.41) is 15.8. The highest BCUT2D eigenvalue weighted by molar-refractivity contribution is 6.04. The van der Waals surface area contributed by atoms with Gasteiger partial charge >= 0.3 is 5.97 Å². The van der Waals surface area contributed by atoms with Crippen molar-refractivity contribution in [1.82, 2.24) is 24.1 Å². The maximum atomic E-state index is 14.4. The van der Waals surface area contributed by atoms with E-state index in [4.69, 9.17) is 4.74 Å². The summed E-state index contributed by atoms with van der Waals surface area (Å²) in [6.07, 6.45) is 11.8. The van der Waals surface area contributed by atoms with Gasteiger partial charge in [-0.3, -0.25) is 9.48 Å². The number of aromatic carboxylic acids is 1. The summed E-state index contributed by atoms with van der Waals surface area (Å²) in [4.78, 5) is 31.1. The van der Waals surface area contributed by atoms with Gasteiger partial charge in [-0.1, -0.05) is 25.3 Å². The van der Waals surface area contributed by atoms with E-state index in [1.807, 2.05) is 29.9 Å². The van der Waals surface area contributed by atoms with Gasteiger partial charge in [0.2, 0.25) is 0 Å². The number of likely N-dealkylation sites (N-methyl/N-ethyl adjacent to an activating group) is 1. The maximum Gasteiger partial charge on any atom is 0.335 e. The Kier molecular flexibility index (Phi) is 7.05. The van der Waals surface area contributed by atoms with E-state index in [1.54, 1.807) is 19.4 Å². The van der Waals surface area contributed by atoms with Gasteiger partial charge < -0.3 is 24.2 Å². The molecule has 238 valence electrons. The van der Waals surface area contributed by atoms with E-state index in [0.717, 1.165) is 83.5 Å². The summed E-state index contributed by atoms with van der Waals surface area (Å²) >= 11 is 0. The molecule has 3 aliphatic heterocycles. The third-order valence-corrected chi connectivity index (χ3v) is 10.9. The molecule has 2 aromatic carbocycles. The number of piperazine rings is 1. The zero-order valence-electron chi connectivity index (χ0n) is 26.8. The molecule has 4 aliphatic rings. The lowest BCUT2D eigenvalue weighted by Gasteiger charge is -2.39. The smallest absolute Gasteiger partial charge is 0.335 e. The Balaban J connectivity index is 1.34. The van der Waals surface area contributed by atoms with Crippen molar-refractivity contribution in [1.29, 1.82) is 0 Å². The molecule has 1 aliphatic carbocycles. The minimum Gasteiger partial charge on any atom is -0.497 e. The van der Waals surface area contributed by atoms with Gasteiger partial charge in [0, 0.05) is 48.7 Å². The summed E-state index contributed by atoms with van der Waals surface area (Å²) in [5.41, 5.74) is 8.14. The summed E-state index contributed by atoms with van der Waals surface area (Å²) in [6, 6.07) is 12.2. The number of aryl methyl sites for hydroxylation is 1. The second kappa shape index (κ2) is 11.2. The number of methoxy groups -OCH3 is 1. The number of hydrogen-bond donors (Lipinski definition) is 1. The highest BCUT2D eigenvalue weighted by Crippen LogP contribution is 2.48. The van der Waals surface area contributed by atoms with Crippen LogP contribution in [-0.2, 0) is 13.6 Å². The number of hydrogen-bond acceptors (Lipinski definition) is 5. The number of carboxylic acid groups (broad SMARTS) is 1. The van der Waals surface area contributed by atoms with Crippen LogP contribution in [0.5, 0.6) is 5.75 Å². The molecule has 2 saturated heterocycles. The van der Waals surface area contributed by atoms with Gasteiger partial charge in [-0.25, -0.2) is 4.79 Å². The van der Waals surface area contributed by atoms with Gasteiger partial charge in [-0.05, 0) is 91.8 Å². The highest BCUT2D eigenvalue weighted by atomic mass is 16.5. The van der Waals surface area contributed by atoms with E-state index < -0.39 is 5.97 Å². The number of benzene rings is 2. The van der Waals surface area contributed by atoms with Crippen molar-refractivity contribution in [2.45, 2.75) is 69.5 Å². The molecule has 0 radical (unpaired) electrons. The van der Waals surface area contributed by atoms with Gasteiger partial charge in [-0.2, -0.15) is 5.10 Å². The Bertz CT molecular complexity index is 1900. The van der Waals surface area contributed by atoms with E-state index >= 15 is 0 Å². The molecular formula is C37H41N5O4. The van der Waals surface area contributed by atoms with Crippen molar-refractivity contribution in [3.05, 3.63) is 70.5 Å². The Morgan fingerprint density at radius 3 is 2.41 bits per heavy atom. The van der Waals surface area contributed by atoms with Crippen molar-refractivity contribution in [2.24, 2.45) is 7.05 Å². The van der Waals surface area contributed by atoms with Crippen LogP contribution in [0.1, 0.15) is 88.4 Å². The van der Waals surface area contributed by atoms with Crippen molar-refractivity contribution in [3.63, 3.8) is 0 Å². The molecule has 9 heteroatoms. The number of rotatable bonds is 5. The minimum atomic E-state index is -0.937. The molecule has 2 bridgehead atoms. The first-order chi connectivity index (χ1) is 22.3. The summed E-state index contributed by atoms with van der Waals surface area (Å²) in [5.74, 6) is 0.267. The van der Waals surface area contributed by atoms with Crippen LogP contribution >= 0.6 is 0 Å². The SMILES string of the molecule is COc1ccc2c(c1)C=C(c1c(C(=O)N3C4CCC3CN(C)C4)cnn1C)Cn1c-2c(C2CCCCC2)c2ccc(C(=O)O)cc21.